The van der Waals surface area contributed by atoms with Crippen LogP contribution in [0.2, 0.25) is 98.2 Å². The molecular weight excluding hydrogens is 861 g/mol. The molecular formula is C60H86Si5. The van der Waals surface area contributed by atoms with E-state index in [0.29, 0.717) is 0 Å². The molecule has 0 fully saturated rings. The Morgan fingerprint density at radius 3 is 1.05 bits per heavy atom. The van der Waals surface area contributed by atoms with E-state index in [9.17, 15) is 0 Å². The molecule has 7 rings (SSSR count). The number of aryl methyl sites for hydroxylation is 5. The van der Waals surface area contributed by atoms with Crippen LogP contribution in [-0.2, 0) is 0 Å². The van der Waals surface area contributed by atoms with Gasteiger partial charge in [-0.1, -0.05) is 304 Å². The minimum atomic E-state index is -1.22. The van der Waals surface area contributed by atoms with Crippen molar-refractivity contribution < 1.29 is 0 Å². The highest BCUT2D eigenvalue weighted by atomic mass is 28.3. The lowest BCUT2D eigenvalue weighted by molar-refractivity contribution is 1.47. The Morgan fingerprint density at radius 1 is 0.246 bits per heavy atom. The van der Waals surface area contributed by atoms with Crippen molar-refractivity contribution in [3.63, 3.8) is 0 Å². The number of benzene rings is 7. The molecule has 0 aliphatic carbocycles. The Morgan fingerprint density at radius 2 is 0.646 bits per heavy atom. The van der Waals surface area contributed by atoms with Crippen LogP contribution in [0.15, 0.2) is 158 Å². The molecule has 0 aliphatic heterocycles. The lowest BCUT2D eigenvalue weighted by Gasteiger charge is -2.20. The molecule has 0 aliphatic rings. The van der Waals surface area contributed by atoms with Crippen LogP contribution < -0.4 is 25.9 Å². The molecule has 0 saturated carbocycles. The van der Waals surface area contributed by atoms with Gasteiger partial charge in [0.15, 0.2) is 0 Å². The number of hydrogen-bond acceptors (Lipinski definition) is 0. The highest BCUT2D eigenvalue weighted by Crippen LogP contribution is 2.21. The summed E-state index contributed by atoms with van der Waals surface area (Å²) in [6.07, 6.45) is 0. The van der Waals surface area contributed by atoms with Crippen molar-refractivity contribution in [3.8, 4) is 11.1 Å². The monoisotopic (exact) mass is 947 g/mol. The van der Waals surface area contributed by atoms with E-state index in [0.717, 1.165) is 0 Å². The first-order valence-corrected chi connectivity index (χ1v) is 41.4. The summed E-state index contributed by atoms with van der Waals surface area (Å²) < 4.78 is 0. The molecule has 5 heteroatoms. The van der Waals surface area contributed by atoms with E-state index >= 15 is 0 Å². The van der Waals surface area contributed by atoms with Crippen molar-refractivity contribution in [3.05, 3.63) is 186 Å². The van der Waals surface area contributed by atoms with Crippen LogP contribution in [0.25, 0.3) is 21.9 Å². The van der Waals surface area contributed by atoms with Crippen LogP contribution in [-0.4, -0.2) is 40.4 Å². The van der Waals surface area contributed by atoms with Crippen LogP contribution in [0.1, 0.15) is 27.8 Å². The average Bonchev–Trinajstić information content (AvgIpc) is 3.21. The maximum Gasteiger partial charge on any atom is 0.0784 e. The third-order valence-corrected chi connectivity index (χ3v) is 22.2. The van der Waals surface area contributed by atoms with Gasteiger partial charge in [0.25, 0.3) is 0 Å². The molecule has 0 atom stereocenters. The summed E-state index contributed by atoms with van der Waals surface area (Å²) in [7, 11) is -5.59. The Hall–Kier alpha value is -4.12. The second-order valence-electron chi connectivity index (χ2n) is 23.2. The predicted octanol–water partition coefficient (Wildman–Crippen LogP) is 15.5. The highest BCUT2D eigenvalue weighted by Gasteiger charge is 2.20. The van der Waals surface area contributed by atoms with Crippen molar-refractivity contribution in [2.45, 2.75) is 133 Å². The molecule has 65 heavy (non-hydrogen) atoms. The molecule has 0 heterocycles. The lowest BCUT2D eigenvalue weighted by atomic mass is 10.0. The molecule has 0 spiro atoms. The average molecular weight is 948 g/mol. The fourth-order valence-electron chi connectivity index (χ4n) is 7.59. The summed E-state index contributed by atoms with van der Waals surface area (Å²) in [5.74, 6) is 0. The summed E-state index contributed by atoms with van der Waals surface area (Å²) in [6.45, 7) is 46.6. The van der Waals surface area contributed by atoms with Gasteiger partial charge in [-0.05, 0) is 62.1 Å². The van der Waals surface area contributed by atoms with Crippen LogP contribution in [0.3, 0.4) is 0 Å². The first-order valence-electron chi connectivity index (χ1n) is 23.9. The SMILES string of the molecule is Cc1ccc(-c2ccc([Si](C)(C)C)cc2)cc1.Cc1ccc([Si](C)(C)C)c2ccccc12.Cc1ccc([Si](C)(C)C)cc1.Cc1cccc([Si](C)(C)C)c1.Cc1ccccc1[Si](C)(C)C. The third-order valence-electron chi connectivity index (χ3n) is 11.8. The molecule has 0 amide bonds. The number of rotatable bonds is 6. The van der Waals surface area contributed by atoms with Crippen LogP contribution in [0.5, 0.6) is 0 Å². The Balaban J connectivity index is 0.000000219. The fraction of sp³-hybridized carbons (Fsp3) is 0.333. The maximum atomic E-state index is 2.41. The zero-order valence-electron chi connectivity index (χ0n) is 44.5. The van der Waals surface area contributed by atoms with Crippen LogP contribution in [0, 0.1) is 34.6 Å². The molecule has 346 valence electrons. The first kappa shape index (κ1) is 55.2. The van der Waals surface area contributed by atoms with E-state index in [1.165, 1.54) is 54.9 Å². The predicted molar refractivity (Wildman–Crippen MR) is 314 cm³/mol. The molecule has 0 N–H and O–H groups in total. The van der Waals surface area contributed by atoms with E-state index in [2.05, 4.69) is 291 Å². The standard InChI is InChI=1S/C16H20Si.C14H18Si.3C10H16Si/c1-13-5-7-14(8-6-13)15-9-11-16(12-10-15)17(2,3)4;1-11-9-10-14(15(2,3)4)13-8-6-5-7-12(11)13;1-9-5-7-10(8-6-9)11(2,3)4;1-9-6-5-7-10(8-9)11(2,3)4;1-9-7-5-6-8-10(9)11(2,3)4/h5-12H,1-4H3;5-10H,1-4H3;3*5-8H,1-4H3. The highest BCUT2D eigenvalue weighted by molar-refractivity contribution is 6.91. The summed E-state index contributed by atoms with van der Waals surface area (Å²) in [5, 5.41) is 10.6. The van der Waals surface area contributed by atoms with E-state index in [1.54, 1.807) is 20.7 Å². The van der Waals surface area contributed by atoms with Gasteiger partial charge in [-0.2, -0.15) is 0 Å². The molecule has 7 aromatic rings. The van der Waals surface area contributed by atoms with Crippen molar-refractivity contribution in [1.82, 2.24) is 0 Å². The van der Waals surface area contributed by atoms with Crippen LogP contribution >= 0.6 is 0 Å². The van der Waals surface area contributed by atoms with Crippen molar-refractivity contribution in [1.29, 1.82) is 0 Å². The van der Waals surface area contributed by atoms with Gasteiger partial charge in [0.05, 0.1) is 40.4 Å². The van der Waals surface area contributed by atoms with Crippen molar-refractivity contribution in [2.75, 3.05) is 0 Å². The van der Waals surface area contributed by atoms with Crippen LogP contribution in [0.4, 0.5) is 0 Å². The van der Waals surface area contributed by atoms with Crippen molar-refractivity contribution in [2.24, 2.45) is 0 Å². The number of hydrogen-bond donors (Lipinski definition) is 0. The van der Waals surface area contributed by atoms with Gasteiger partial charge < -0.3 is 0 Å². The van der Waals surface area contributed by atoms with Gasteiger partial charge in [-0.3, -0.25) is 0 Å². The fourth-order valence-corrected chi connectivity index (χ4v) is 14.7. The molecule has 7 aromatic carbocycles. The van der Waals surface area contributed by atoms with Gasteiger partial charge in [0, 0.05) is 0 Å². The molecule has 0 nitrogen and oxygen atoms in total. The van der Waals surface area contributed by atoms with E-state index < -0.39 is 40.4 Å². The zero-order valence-corrected chi connectivity index (χ0v) is 49.5. The Bertz CT molecular complexity index is 2510. The molecule has 0 unspecified atom stereocenters. The van der Waals surface area contributed by atoms with Crippen molar-refractivity contribution >= 4 is 77.1 Å². The normalized spacial score (nSPS) is 11.7. The lowest BCUT2D eigenvalue weighted by Crippen LogP contribution is -2.39. The second kappa shape index (κ2) is 23.6. The Kier molecular flexibility index (Phi) is 20.0. The summed E-state index contributed by atoms with van der Waals surface area (Å²) in [4.78, 5) is 0. The topological polar surface area (TPSA) is 0 Å². The summed E-state index contributed by atoms with van der Waals surface area (Å²) in [6, 6.07) is 57.7. The molecule has 0 saturated heterocycles. The maximum absolute atomic E-state index is 2.41. The summed E-state index contributed by atoms with van der Waals surface area (Å²) >= 11 is 0. The smallest absolute Gasteiger partial charge is 0.0656 e. The molecule has 0 radical (unpaired) electrons. The van der Waals surface area contributed by atoms with E-state index in [-0.39, 0.29) is 0 Å². The quantitative estimate of drug-likeness (QED) is 0.146. The Labute approximate surface area is 404 Å². The van der Waals surface area contributed by atoms with E-state index in [4.69, 9.17) is 0 Å². The molecule has 0 bridgehead atoms. The van der Waals surface area contributed by atoms with Gasteiger partial charge >= 0.3 is 0 Å². The minimum absolute atomic E-state index is 1.06. The number of fused-ring (bicyclic) bond motifs is 1. The second-order valence-corrected chi connectivity index (χ2v) is 48.5. The van der Waals surface area contributed by atoms with Gasteiger partial charge in [0.1, 0.15) is 0 Å². The molecule has 0 aromatic heterocycles. The van der Waals surface area contributed by atoms with E-state index in [1.807, 2.05) is 0 Å². The zero-order chi connectivity index (χ0) is 49.0. The largest absolute Gasteiger partial charge is 0.0784 e. The third kappa shape index (κ3) is 18.2. The summed E-state index contributed by atoms with van der Waals surface area (Å²) in [5.41, 5.74) is 9.49. The van der Waals surface area contributed by atoms with Gasteiger partial charge in [-0.15, -0.1) is 0 Å². The minimum Gasteiger partial charge on any atom is -0.0656 e. The first-order chi connectivity index (χ1) is 30.0. The van der Waals surface area contributed by atoms with Gasteiger partial charge in [0.2, 0.25) is 0 Å². The van der Waals surface area contributed by atoms with Gasteiger partial charge in [-0.25, -0.2) is 0 Å².